The maximum Gasteiger partial charge on any atom is 0.328 e. The molecule has 0 radical (unpaired) electrons. The van der Waals surface area contributed by atoms with E-state index in [9.17, 15) is 19.8 Å². The van der Waals surface area contributed by atoms with Crippen molar-refractivity contribution >= 4 is 11.9 Å². The van der Waals surface area contributed by atoms with Gasteiger partial charge in [-0.3, -0.25) is 4.79 Å². The molecule has 0 bridgehead atoms. The van der Waals surface area contributed by atoms with Gasteiger partial charge >= 0.3 is 5.97 Å². The van der Waals surface area contributed by atoms with Crippen LogP contribution in [0, 0.1) is 5.92 Å². The van der Waals surface area contributed by atoms with E-state index in [1.54, 1.807) is 19.9 Å². The summed E-state index contributed by atoms with van der Waals surface area (Å²) in [4.78, 5) is 24.6. The van der Waals surface area contributed by atoms with Gasteiger partial charge in [-0.1, -0.05) is 19.9 Å². The standard InChI is InChI=1S/C18H28N2O5/c1-11(2)7-8-25-16(23)13(20-17(24)18(3,4)19)9-12-5-6-14(21)15(22)10-12/h5-6,10-11,13,21-22H,7-9,19H2,1-4H3,(H,20,24)/p+1/t13-/m0/s1. The highest BCUT2D eigenvalue weighted by atomic mass is 16.5. The van der Waals surface area contributed by atoms with Crippen LogP contribution in [0.4, 0.5) is 0 Å². The van der Waals surface area contributed by atoms with Crippen LogP contribution in [0.3, 0.4) is 0 Å². The summed E-state index contributed by atoms with van der Waals surface area (Å²) in [5, 5.41) is 21.6. The first-order chi connectivity index (χ1) is 11.5. The van der Waals surface area contributed by atoms with Crippen LogP contribution in [0.25, 0.3) is 0 Å². The molecule has 0 fully saturated rings. The molecule has 140 valence electrons. The molecule has 1 aromatic carbocycles. The predicted molar refractivity (Wildman–Crippen MR) is 92.8 cm³/mol. The average Bonchev–Trinajstić information content (AvgIpc) is 2.48. The number of aromatic hydroxyl groups is 2. The molecule has 0 aliphatic rings. The molecule has 6 N–H and O–H groups in total. The van der Waals surface area contributed by atoms with Crippen LogP contribution in [0.2, 0.25) is 0 Å². The molecule has 7 nitrogen and oxygen atoms in total. The Bertz CT molecular complexity index is 608. The van der Waals surface area contributed by atoms with Gasteiger partial charge in [-0.05, 0) is 43.9 Å². The molecule has 0 aliphatic heterocycles. The average molecular weight is 353 g/mol. The third-order valence-electron chi connectivity index (χ3n) is 3.62. The Kier molecular flexibility index (Phi) is 7.23. The molecule has 0 saturated heterocycles. The Morgan fingerprint density at radius 1 is 1.24 bits per heavy atom. The minimum Gasteiger partial charge on any atom is -0.504 e. The van der Waals surface area contributed by atoms with E-state index in [0.29, 0.717) is 11.5 Å². The van der Waals surface area contributed by atoms with Gasteiger partial charge in [0.25, 0.3) is 5.91 Å². The zero-order chi connectivity index (χ0) is 19.2. The number of phenols is 2. The van der Waals surface area contributed by atoms with Crippen LogP contribution in [0.15, 0.2) is 18.2 Å². The second-order valence-electron chi connectivity index (χ2n) is 7.29. The first-order valence-electron chi connectivity index (χ1n) is 8.34. The van der Waals surface area contributed by atoms with Crippen molar-refractivity contribution in [1.82, 2.24) is 5.32 Å². The summed E-state index contributed by atoms with van der Waals surface area (Å²) in [5.41, 5.74) is 3.45. The van der Waals surface area contributed by atoms with E-state index in [1.807, 2.05) is 13.8 Å². The Morgan fingerprint density at radius 3 is 2.40 bits per heavy atom. The fourth-order valence-corrected chi connectivity index (χ4v) is 1.97. The van der Waals surface area contributed by atoms with Crippen molar-refractivity contribution in [2.75, 3.05) is 6.61 Å². The van der Waals surface area contributed by atoms with Gasteiger partial charge in [0.2, 0.25) is 0 Å². The molecule has 0 spiro atoms. The minimum absolute atomic E-state index is 0.135. The number of carbonyl (C=O) groups is 2. The number of ether oxygens (including phenoxy) is 1. The van der Waals surface area contributed by atoms with Crippen LogP contribution in [-0.2, 0) is 20.7 Å². The summed E-state index contributed by atoms with van der Waals surface area (Å²) in [6.45, 7) is 7.62. The second-order valence-corrected chi connectivity index (χ2v) is 7.29. The van der Waals surface area contributed by atoms with E-state index < -0.39 is 17.6 Å². The molecule has 1 aromatic rings. The zero-order valence-corrected chi connectivity index (χ0v) is 15.3. The van der Waals surface area contributed by atoms with Gasteiger partial charge in [0.1, 0.15) is 6.04 Å². The number of benzene rings is 1. The maximum atomic E-state index is 12.4. The van der Waals surface area contributed by atoms with Crippen LogP contribution in [-0.4, -0.2) is 40.3 Å². The molecule has 0 heterocycles. The molecular weight excluding hydrogens is 324 g/mol. The number of hydrogen-bond acceptors (Lipinski definition) is 5. The lowest BCUT2D eigenvalue weighted by Crippen LogP contribution is -2.76. The molecule has 1 rings (SSSR count). The SMILES string of the molecule is CC(C)CCOC(=O)[C@H](Cc1ccc(O)c(O)c1)NC(=O)C(C)(C)[NH3+]. The van der Waals surface area contributed by atoms with Gasteiger partial charge in [-0.15, -0.1) is 0 Å². The second kappa shape index (κ2) is 8.71. The van der Waals surface area contributed by atoms with Crippen molar-refractivity contribution in [2.24, 2.45) is 5.92 Å². The Hall–Kier alpha value is -2.28. The normalized spacial score (nSPS) is 12.7. The third kappa shape index (κ3) is 7.01. The summed E-state index contributed by atoms with van der Waals surface area (Å²) >= 11 is 0. The fraction of sp³-hybridized carbons (Fsp3) is 0.556. The molecule has 0 aromatic heterocycles. The third-order valence-corrected chi connectivity index (χ3v) is 3.62. The molecule has 0 saturated carbocycles. The Labute approximate surface area is 148 Å². The molecule has 0 aliphatic carbocycles. The van der Waals surface area contributed by atoms with Gasteiger partial charge in [0.15, 0.2) is 17.0 Å². The van der Waals surface area contributed by atoms with Crippen molar-refractivity contribution in [3.05, 3.63) is 23.8 Å². The molecular formula is C18H29N2O5+. The van der Waals surface area contributed by atoms with E-state index in [2.05, 4.69) is 11.1 Å². The van der Waals surface area contributed by atoms with E-state index in [0.717, 1.165) is 6.42 Å². The molecule has 7 heteroatoms. The number of hydrogen-bond donors (Lipinski definition) is 4. The van der Waals surface area contributed by atoms with Crippen LogP contribution in [0.5, 0.6) is 11.5 Å². The smallest absolute Gasteiger partial charge is 0.328 e. The Balaban J connectivity index is 2.87. The number of carbonyl (C=O) groups excluding carboxylic acids is 2. The molecule has 1 atom stereocenters. The van der Waals surface area contributed by atoms with Crippen molar-refractivity contribution in [1.29, 1.82) is 0 Å². The van der Waals surface area contributed by atoms with E-state index in [4.69, 9.17) is 4.74 Å². The monoisotopic (exact) mass is 353 g/mol. The number of esters is 1. The summed E-state index contributed by atoms with van der Waals surface area (Å²) in [6.07, 6.45) is 0.864. The maximum absolute atomic E-state index is 12.4. The van der Waals surface area contributed by atoms with Crippen molar-refractivity contribution < 1.29 is 30.3 Å². The number of rotatable bonds is 8. The van der Waals surface area contributed by atoms with E-state index in [1.165, 1.54) is 12.1 Å². The van der Waals surface area contributed by atoms with Gasteiger partial charge in [-0.2, -0.15) is 0 Å². The number of phenolic OH excluding ortho intramolecular Hbond substituents is 2. The molecule has 1 amide bonds. The first kappa shape index (κ1) is 20.8. The summed E-state index contributed by atoms with van der Waals surface area (Å²) in [5.74, 6) is -1.04. The highest BCUT2D eigenvalue weighted by molar-refractivity contribution is 5.88. The molecule has 0 unspecified atom stereocenters. The quantitative estimate of drug-likeness (QED) is 0.405. The van der Waals surface area contributed by atoms with Crippen LogP contribution in [0.1, 0.15) is 39.7 Å². The highest BCUT2D eigenvalue weighted by Crippen LogP contribution is 2.25. The van der Waals surface area contributed by atoms with Crippen molar-refractivity contribution in [2.45, 2.75) is 52.1 Å². The topological polar surface area (TPSA) is 124 Å². The lowest BCUT2D eigenvalue weighted by Gasteiger charge is -2.22. The van der Waals surface area contributed by atoms with Crippen LogP contribution < -0.4 is 11.1 Å². The fourth-order valence-electron chi connectivity index (χ4n) is 1.97. The van der Waals surface area contributed by atoms with Gasteiger partial charge < -0.3 is 26.0 Å². The van der Waals surface area contributed by atoms with Crippen molar-refractivity contribution in [3.63, 3.8) is 0 Å². The van der Waals surface area contributed by atoms with Gasteiger partial charge in [-0.25, -0.2) is 4.79 Å². The van der Waals surface area contributed by atoms with E-state index in [-0.39, 0.29) is 30.4 Å². The van der Waals surface area contributed by atoms with E-state index >= 15 is 0 Å². The lowest BCUT2D eigenvalue weighted by molar-refractivity contribution is -0.446. The lowest BCUT2D eigenvalue weighted by atomic mass is 10.0. The summed E-state index contributed by atoms with van der Waals surface area (Å²) in [7, 11) is 0. The first-order valence-corrected chi connectivity index (χ1v) is 8.34. The zero-order valence-electron chi connectivity index (χ0n) is 15.3. The largest absolute Gasteiger partial charge is 0.504 e. The molecule has 25 heavy (non-hydrogen) atoms. The van der Waals surface area contributed by atoms with Crippen molar-refractivity contribution in [3.8, 4) is 11.5 Å². The summed E-state index contributed by atoms with van der Waals surface area (Å²) < 4.78 is 5.27. The number of nitrogens with one attached hydrogen (secondary N) is 1. The Morgan fingerprint density at radius 2 is 1.88 bits per heavy atom. The minimum atomic E-state index is -0.898. The van der Waals surface area contributed by atoms with Gasteiger partial charge in [0.05, 0.1) is 6.61 Å². The summed E-state index contributed by atoms with van der Waals surface area (Å²) in [6, 6.07) is 3.36. The number of quaternary nitrogens is 1. The van der Waals surface area contributed by atoms with Crippen LogP contribution >= 0.6 is 0 Å². The number of amides is 1. The highest BCUT2D eigenvalue weighted by Gasteiger charge is 2.31. The predicted octanol–water partition coefficient (Wildman–Crippen LogP) is 0.735. The van der Waals surface area contributed by atoms with Gasteiger partial charge in [0, 0.05) is 6.42 Å².